The van der Waals surface area contributed by atoms with Crippen LogP contribution in [0.4, 0.5) is 5.82 Å². The number of nitrogens with two attached hydrogens (primary N) is 1. The van der Waals surface area contributed by atoms with Crippen molar-refractivity contribution in [2.24, 2.45) is 0 Å². The van der Waals surface area contributed by atoms with Crippen LogP contribution in [0.15, 0.2) is 12.7 Å². The van der Waals surface area contributed by atoms with Crippen LogP contribution in [0, 0.1) is 0 Å². The molecule has 1 aliphatic rings. The van der Waals surface area contributed by atoms with Gasteiger partial charge in [0.15, 0.2) is 17.7 Å². The van der Waals surface area contributed by atoms with E-state index in [-0.39, 0.29) is 41.5 Å². The Balaban J connectivity index is 1.57. The van der Waals surface area contributed by atoms with Crippen molar-refractivity contribution in [1.29, 1.82) is 0 Å². The molecular formula is C15H22ClN5O11P2. The summed E-state index contributed by atoms with van der Waals surface area (Å²) < 4.78 is 44.0. The average Bonchev–Trinajstić information content (AvgIpc) is 3.31. The first-order chi connectivity index (χ1) is 15.9. The molecule has 6 N–H and O–H groups in total. The quantitative estimate of drug-likeness (QED) is 0.132. The Morgan fingerprint density at radius 1 is 1.18 bits per heavy atom. The van der Waals surface area contributed by atoms with Gasteiger partial charge in [-0.3, -0.25) is 18.4 Å². The van der Waals surface area contributed by atoms with Crippen LogP contribution in [0.2, 0.25) is 0 Å². The van der Waals surface area contributed by atoms with E-state index in [0.717, 1.165) is 0 Å². The highest BCUT2D eigenvalue weighted by Gasteiger charge is 2.46. The number of anilines is 1. The molecule has 16 nitrogen and oxygen atoms in total. The van der Waals surface area contributed by atoms with Gasteiger partial charge in [0.25, 0.3) is 0 Å². The molecule has 0 spiro atoms. The zero-order valence-corrected chi connectivity index (χ0v) is 19.8. The van der Waals surface area contributed by atoms with Gasteiger partial charge in [0.2, 0.25) is 0 Å². The Labute approximate surface area is 196 Å². The number of aliphatic hydroxyl groups excluding tert-OH is 2. The maximum atomic E-state index is 12.1. The zero-order chi connectivity index (χ0) is 25.1. The minimum absolute atomic E-state index is 0.0247. The molecule has 19 heteroatoms. The molecule has 0 amide bonds. The Morgan fingerprint density at radius 2 is 1.88 bits per heavy atom. The number of aromatic nitrogens is 4. The number of hydrogen-bond donors (Lipinski definition) is 5. The third-order valence-corrected chi connectivity index (χ3v) is 7.54. The average molecular weight is 546 g/mol. The molecule has 1 fully saturated rings. The van der Waals surface area contributed by atoms with Crippen LogP contribution in [0.3, 0.4) is 0 Å². The molecule has 3 heterocycles. The standard InChI is InChI=1S/C15H22ClN5O11P2/c16-4-8(22)2-1-3-29-33(25,26)32-34(27,28)30-5-9-11(23)12(24)15(31-9)21-7-20-10-13(17)18-6-19-14(10)21/h6-7,9,11-12,15,23-24H,1-5H2,(H,25,26)(H,27,28)(H2,17,18,19)/t9-,11-,12-,15-/m1/s1. The van der Waals surface area contributed by atoms with Crippen molar-refractivity contribution >= 4 is 50.0 Å². The Kier molecular flexibility index (Phi) is 8.76. The molecule has 6 atom stereocenters. The molecule has 0 aromatic carbocycles. The van der Waals surface area contributed by atoms with E-state index in [0.29, 0.717) is 0 Å². The van der Waals surface area contributed by atoms with E-state index in [4.69, 9.17) is 22.1 Å². The number of phosphoric ester groups is 2. The number of halogens is 1. The van der Waals surface area contributed by atoms with Crippen LogP contribution in [0.25, 0.3) is 11.2 Å². The van der Waals surface area contributed by atoms with Crippen molar-refractivity contribution in [3.8, 4) is 0 Å². The molecule has 0 radical (unpaired) electrons. The summed E-state index contributed by atoms with van der Waals surface area (Å²) >= 11 is 5.32. The number of rotatable bonds is 12. The molecule has 1 aliphatic heterocycles. The number of nitrogens with zero attached hydrogens (tertiary/aromatic N) is 4. The fourth-order valence-electron chi connectivity index (χ4n) is 3.01. The van der Waals surface area contributed by atoms with Gasteiger partial charge in [-0.1, -0.05) is 0 Å². The number of imidazole rings is 1. The number of carbonyl (C=O) groups is 1. The van der Waals surface area contributed by atoms with Crippen molar-refractivity contribution in [2.45, 2.75) is 37.4 Å². The van der Waals surface area contributed by atoms with Crippen LogP contribution in [-0.4, -0.2) is 82.7 Å². The van der Waals surface area contributed by atoms with Gasteiger partial charge in [-0.15, -0.1) is 11.6 Å². The molecule has 34 heavy (non-hydrogen) atoms. The number of ketones is 1. The topological polar surface area (TPSA) is 239 Å². The lowest BCUT2D eigenvalue weighted by atomic mass is 10.1. The molecule has 2 unspecified atom stereocenters. The van der Waals surface area contributed by atoms with Gasteiger partial charge >= 0.3 is 15.6 Å². The minimum atomic E-state index is -5.17. The Hall–Kier alpha value is -1.55. The summed E-state index contributed by atoms with van der Waals surface area (Å²) in [5, 5.41) is 20.6. The van der Waals surface area contributed by atoms with E-state index in [1.54, 1.807) is 0 Å². The number of ether oxygens (including phenoxy) is 1. The van der Waals surface area contributed by atoms with E-state index in [1.165, 1.54) is 17.2 Å². The van der Waals surface area contributed by atoms with E-state index in [1.807, 2.05) is 0 Å². The number of carbonyl (C=O) groups excluding carboxylic acids is 1. The summed E-state index contributed by atoms with van der Waals surface area (Å²) in [5.74, 6) is -0.460. The second-order valence-corrected chi connectivity index (χ2v) is 10.4. The van der Waals surface area contributed by atoms with Crippen LogP contribution >= 0.6 is 27.2 Å². The SMILES string of the molecule is Nc1ncnc2c1ncn2[C@@H]1O[C@H](COP(=O)(O)OP(=O)(O)OCCCC(=O)CCl)[C@@H](O)[C@H]1O. The predicted molar refractivity (Wildman–Crippen MR) is 113 cm³/mol. The van der Waals surface area contributed by atoms with E-state index < -0.39 is 53.4 Å². The van der Waals surface area contributed by atoms with Crippen LogP contribution in [0.1, 0.15) is 19.1 Å². The van der Waals surface area contributed by atoms with Crippen LogP contribution in [-0.2, 0) is 32.0 Å². The molecule has 0 aliphatic carbocycles. The fourth-order valence-corrected chi connectivity index (χ4v) is 5.26. The number of phosphoric acid groups is 2. The zero-order valence-electron chi connectivity index (χ0n) is 17.3. The van der Waals surface area contributed by atoms with Gasteiger partial charge in [0.1, 0.15) is 35.9 Å². The second-order valence-electron chi connectivity index (χ2n) is 7.05. The largest absolute Gasteiger partial charge is 0.481 e. The molecular weight excluding hydrogens is 524 g/mol. The van der Waals surface area contributed by atoms with E-state index in [9.17, 15) is 33.9 Å². The number of alkyl halides is 1. The highest BCUT2D eigenvalue weighted by atomic mass is 35.5. The van der Waals surface area contributed by atoms with Crippen molar-refractivity contribution < 1.29 is 52.0 Å². The molecule has 1 saturated heterocycles. The van der Waals surface area contributed by atoms with Crippen molar-refractivity contribution in [3.05, 3.63) is 12.7 Å². The normalized spacial score (nSPS) is 26.4. The summed E-state index contributed by atoms with van der Waals surface area (Å²) in [7, 11) is -10.2. The number of hydrogen-bond acceptors (Lipinski definition) is 13. The number of aliphatic hydroxyl groups is 2. The lowest BCUT2D eigenvalue weighted by Gasteiger charge is -2.19. The maximum Gasteiger partial charge on any atom is 0.481 e. The lowest BCUT2D eigenvalue weighted by Crippen LogP contribution is -2.33. The first-order valence-corrected chi connectivity index (χ1v) is 13.1. The van der Waals surface area contributed by atoms with Gasteiger partial charge in [0.05, 0.1) is 25.4 Å². The van der Waals surface area contributed by atoms with E-state index >= 15 is 0 Å². The first-order valence-electron chi connectivity index (χ1n) is 9.62. The number of fused-ring (bicyclic) bond motifs is 1. The third kappa shape index (κ3) is 6.56. The molecule has 190 valence electrons. The summed E-state index contributed by atoms with van der Waals surface area (Å²) in [6, 6.07) is 0. The number of Topliss-reactive ketones (excluding diaryl/α,β-unsaturated/α-hetero) is 1. The lowest BCUT2D eigenvalue weighted by molar-refractivity contribution is -0.117. The highest BCUT2D eigenvalue weighted by Crippen LogP contribution is 2.60. The van der Waals surface area contributed by atoms with Gasteiger partial charge in [-0.05, 0) is 6.42 Å². The van der Waals surface area contributed by atoms with Gasteiger partial charge < -0.3 is 30.5 Å². The van der Waals surface area contributed by atoms with Crippen molar-refractivity contribution in [1.82, 2.24) is 19.5 Å². The smallest absolute Gasteiger partial charge is 0.387 e. The summed E-state index contributed by atoms with van der Waals surface area (Å²) in [4.78, 5) is 42.2. The summed E-state index contributed by atoms with van der Waals surface area (Å²) in [6.07, 6.45) is -3.26. The predicted octanol–water partition coefficient (Wildman–Crippen LogP) is -0.134. The Bertz CT molecular complexity index is 1120. The Morgan fingerprint density at radius 3 is 2.59 bits per heavy atom. The fraction of sp³-hybridized carbons (Fsp3) is 0.600. The monoisotopic (exact) mass is 545 g/mol. The number of nitrogen functional groups attached to an aromatic ring is 1. The van der Waals surface area contributed by atoms with Gasteiger partial charge in [-0.2, -0.15) is 4.31 Å². The molecule has 3 rings (SSSR count). The van der Waals surface area contributed by atoms with Crippen molar-refractivity contribution in [3.63, 3.8) is 0 Å². The minimum Gasteiger partial charge on any atom is -0.387 e. The summed E-state index contributed by atoms with van der Waals surface area (Å²) in [5.41, 5.74) is 6.14. The summed E-state index contributed by atoms with van der Waals surface area (Å²) in [6.45, 7) is -1.24. The molecule has 0 saturated carbocycles. The van der Waals surface area contributed by atoms with E-state index in [2.05, 4.69) is 28.3 Å². The van der Waals surface area contributed by atoms with Crippen LogP contribution < -0.4 is 5.73 Å². The third-order valence-electron chi connectivity index (χ3n) is 4.61. The van der Waals surface area contributed by atoms with Crippen molar-refractivity contribution in [2.75, 3.05) is 24.8 Å². The molecule has 2 aromatic heterocycles. The van der Waals surface area contributed by atoms with Gasteiger partial charge in [-0.25, -0.2) is 24.1 Å². The molecule has 2 aromatic rings. The highest BCUT2D eigenvalue weighted by molar-refractivity contribution is 7.61. The first kappa shape index (κ1) is 27.0. The second kappa shape index (κ2) is 11.0. The maximum absolute atomic E-state index is 12.1. The van der Waals surface area contributed by atoms with Crippen LogP contribution in [0.5, 0.6) is 0 Å². The van der Waals surface area contributed by atoms with Gasteiger partial charge in [0, 0.05) is 6.42 Å². The molecule has 0 bridgehead atoms.